The number of carbonyl (C=O) groups is 1. The molecule has 1 fully saturated rings. The van der Waals surface area contributed by atoms with Crippen molar-refractivity contribution in [3.63, 3.8) is 0 Å². The molecule has 1 N–H and O–H groups in total. The molecule has 188 valence electrons. The Morgan fingerprint density at radius 3 is 2.81 bits per heavy atom. The largest absolute Gasteiger partial charge is 0.454 e. The van der Waals surface area contributed by atoms with Gasteiger partial charge < -0.3 is 14.4 Å². The number of hydrogen-bond acceptors (Lipinski definition) is 6. The first-order valence-corrected chi connectivity index (χ1v) is 13.4. The van der Waals surface area contributed by atoms with E-state index in [9.17, 15) is 9.90 Å². The van der Waals surface area contributed by atoms with Crippen LogP contribution in [0, 0.1) is 6.92 Å². The monoisotopic (exact) mass is 636 g/mol. The molecule has 3 aromatic heterocycles. The maximum atomic E-state index is 13.3. The normalized spacial score (nSPS) is 18.4. The SMILES string of the molecule is Cc1cc(Cn2cc(Br)cn2)oc1C(=O)N1CCCC(O)(c2cn(-c3ccc(Cl)c(Br)c3)nn2)CC1. The Morgan fingerprint density at radius 1 is 1.22 bits per heavy atom. The number of halogens is 3. The first-order chi connectivity index (χ1) is 17.2. The molecule has 4 aromatic rings. The van der Waals surface area contributed by atoms with Crippen molar-refractivity contribution in [2.24, 2.45) is 0 Å². The molecule has 5 rings (SSSR count). The van der Waals surface area contributed by atoms with Gasteiger partial charge in [0.05, 0.1) is 34.1 Å². The van der Waals surface area contributed by atoms with E-state index in [1.165, 1.54) is 0 Å². The Bertz CT molecular complexity index is 1420. The highest BCUT2D eigenvalue weighted by Gasteiger charge is 2.36. The van der Waals surface area contributed by atoms with Gasteiger partial charge in [0.1, 0.15) is 17.1 Å². The quantitative estimate of drug-likeness (QED) is 0.326. The molecule has 1 aliphatic rings. The maximum absolute atomic E-state index is 13.3. The topological polar surface area (TPSA) is 102 Å². The second-order valence-electron chi connectivity index (χ2n) is 8.91. The number of likely N-dealkylation sites (tertiary alicyclic amines) is 1. The van der Waals surface area contributed by atoms with Crippen molar-refractivity contribution in [3.8, 4) is 5.69 Å². The number of rotatable bonds is 5. The third-order valence-electron chi connectivity index (χ3n) is 6.32. The van der Waals surface area contributed by atoms with E-state index in [1.54, 1.807) is 32.7 Å². The zero-order valence-corrected chi connectivity index (χ0v) is 23.3. The molecule has 0 bridgehead atoms. The minimum absolute atomic E-state index is 0.181. The Balaban J connectivity index is 1.29. The molecular weight excluding hydrogens is 616 g/mol. The number of amides is 1. The Kier molecular flexibility index (Phi) is 7.08. The summed E-state index contributed by atoms with van der Waals surface area (Å²) in [6.07, 6.45) is 6.70. The number of nitrogens with zero attached hydrogens (tertiary/aromatic N) is 6. The lowest BCUT2D eigenvalue weighted by molar-refractivity contribution is 0.0168. The average molecular weight is 639 g/mol. The molecule has 1 unspecified atom stereocenters. The molecule has 0 radical (unpaired) electrons. The van der Waals surface area contributed by atoms with E-state index in [-0.39, 0.29) is 5.91 Å². The molecule has 12 heteroatoms. The summed E-state index contributed by atoms with van der Waals surface area (Å²) in [4.78, 5) is 15.0. The Morgan fingerprint density at radius 2 is 2.06 bits per heavy atom. The van der Waals surface area contributed by atoms with Crippen LogP contribution in [-0.4, -0.2) is 53.8 Å². The van der Waals surface area contributed by atoms with Crippen molar-refractivity contribution in [2.45, 2.75) is 38.3 Å². The van der Waals surface area contributed by atoms with E-state index in [0.717, 1.165) is 20.2 Å². The number of benzene rings is 1. The van der Waals surface area contributed by atoms with E-state index < -0.39 is 5.60 Å². The molecule has 4 heterocycles. The molecule has 36 heavy (non-hydrogen) atoms. The van der Waals surface area contributed by atoms with Crippen LogP contribution in [0.15, 0.2) is 56.2 Å². The fourth-order valence-corrected chi connectivity index (χ4v) is 5.19. The lowest BCUT2D eigenvalue weighted by Gasteiger charge is -2.24. The van der Waals surface area contributed by atoms with Crippen LogP contribution in [-0.2, 0) is 12.1 Å². The van der Waals surface area contributed by atoms with Gasteiger partial charge in [0.15, 0.2) is 5.76 Å². The van der Waals surface area contributed by atoms with Crippen LogP contribution in [0.25, 0.3) is 5.69 Å². The van der Waals surface area contributed by atoms with Crippen molar-refractivity contribution in [1.29, 1.82) is 0 Å². The van der Waals surface area contributed by atoms with E-state index in [1.807, 2.05) is 31.3 Å². The summed E-state index contributed by atoms with van der Waals surface area (Å²) in [6, 6.07) is 7.30. The van der Waals surface area contributed by atoms with E-state index >= 15 is 0 Å². The predicted molar refractivity (Wildman–Crippen MR) is 140 cm³/mol. The highest BCUT2D eigenvalue weighted by molar-refractivity contribution is 9.10. The Hall–Kier alpha value is -2.47. The third-order valence-corrected chi connectivity index (χ3v) is 7.94. The van der Waals surface area contributed by atoms with E-state index in [2.05, 4.69) is 47.3 Å². The van der Waals surface area contributed by atoms with E-state index in [4.69, 9.17) is 16.0 Å². The van der Waals surface area contributed by atoms with Gasteiger partial charge in [-0.05, 0) is 82.3 Å². The third kappa shape index (κ3) is 5.15. The van der Waals surface area contributed by atoms with Crippen LogP contribution in [0.5, 0.6) is 0 Å². The first-order valence-electron chi connectivity index (χ1n) is 11.4. The maximum Gasteiger partial charge on any atom is 0.289 e. The molecule has 9 nitrogen and oxygen atoms in total. The van der Waals surface area contributed by atoms with Gasteiger partial charge in [-0.1, -0.05) is 16.8 Å². The summed E-state index contributed by atoms with van der Waals surface area (Å²) < 4.78 is 10.9. The number of aromatic nitrogens is 5. The summed E-state index contributed by atoms with van der Waals surface area (Å²) in [5, 5.41) is 24.7. The van der Waals surface area contributed by atoms with Crippen LogP contribution in [0.3, 0.4) is 0 Å². The highest BCUT2D eigenvalue weighted by Crippen LogP contribution is 2.33. The number of carbonyl (C=O) groups excluding carboxylic acids is 1. The van der Waals surface area contributed by atoms with Gasteiger partial charge in [-0.3, -0.25) is 9.48 Å². The fraction of sp³-hybridized carbons (Fsp3) is 0.333. The Labute approximate surface area is 229 Å². The molecular formula is C24H23Br2ClN6O3. The lowest BCUT2D eigenvalue weighted by atomic mass is 9.92. The zero-order chi connectivity index (χ0) is 25.4. The molecule has 0 saturated carbocycles. The average Bonchev–Trinajstić information content (AvgIpc) is 3.55. The molecule has 1 aromatic carbocycles. The lowest BCUT2D eigenvalue weighted by Crippen LogP contribution is -2.34. The van der Waals surface area contributed by atoms with Crippen molar-refractivity contribution in [3.05, 3.63) is 79.6 Å². The smallest absolute Gasteiger partial charge is 0.289 e. The summed E-state index contributed by atoms with van der Waals surface area (Å²) in [7, 11) is 0. The second kappa shape index (κ2) is 10.1. The molecule has 1 amide bonds. The zero-order valence-electron chi connectivity index (χ0n) is 19.4. The van der Waals surface area contributed by atoms with E-state index in [0.29, 0.717) is 61.1 Å². The number of aliphatic hydroxyl groups is 1. The van der Waals surface area contributed by atoms with Gasteiger partial charge in [-0.15, -0.1) is 5.10 Å². The van der Waals surface area contributed by atoms with Gasteiger partial charge >= 0.3 is 0 Å². The number of furan rings is 1. The van der Waals surface area contributed by atoms with Gasteiger partial charge in [-0.2, -0.15) is 5.10 Å². The van der Waals surface area contributed by atoms with Crippen molar-refractivity contribution in [2.75, 3.05) is 13.1 Å². The van der Waals surface area contributed by atoms with Crippen LogP contribution < -0.4 is 0 Å². The minimum atomic E-state index is -1.19. The summed E-state index contributed by atoms with van der Waals surface area (Å²) >= 11 is 12.9. The van der Waals surface area contributed by atoms with Crippen LogP contribution in [0.2, 0.25) is 5.02 Å². The molecule has 1 atom stereocenters. The predicted octanol–water partition coefficient (Wildman–Crippen LogP) is 5.11. The van der Waals surface area contributed by atoms with Crippen LogP contribution in [0.4, 0.5) is 0 Å². The summed E-state index contributed by atoms with van der Waals surface area (Å²) in [6.45, 7) is 3.18. The number of aryl methyl sites for hydroxylation is 1. The van der Waals surface area contributed by atoms with Crippen molar-refractivity contribution >= 4 is 49.4 Å². The molecule has 1 aliphatic heterocycles. The van der Waals surface area contributed by atoms with Gasteiger partial charge in [0.25, 0.3) is 5.91 Å². The highest BCUT2D eigenvalue weighted by atomic mass is 79.9. The van der Waals surface area contributed by atoms with Crippen LogP contribution >= 0.6 is 43.5 Å². The first kappa shape index (κ1) is 25.2. The number of hydrogen-bond donors (Lipinski definition) is 1. The molecule has 0 aliphatic carbocycles. The fourth-order valence-electron chi connectivity index (χ4n) is 4.38. The van der Waals surface area contributed by atoms with Gasteiger partial charge in [-0.25, -0.2) is 4.68 Å². The summed E-state index contributed by atoms with van der Waals surface area (Å²) in [5.41, 5.74) is 0.835. The van der Waals surface area contributed by atoms with Crippen molar-refractivity contribution in [1.82, 2.24) is 29.7 Å². The molecule has 1 saturated heterocycles. The van der Waals surface area contributed by atoms with Crippen molar-refractivity contribution < 1.29 is 14.3 Å². The van der Waals surface area contributed by atoms with Gasteiger partial charge in [0, 0.05) is 29.3 Å². The van der Waals surface area contributed by atoms with Crippen LogP contribution in [0.1, 0.15) is 46.8 Å². The minimum Gasteiger partial charge on any atom is -0.454 e. The second-order valence-corrected chi connectivity index (χ2v) is 11.1. The summed E-state index contributed by atoms with van der Waals surface area (Å²) in [5.74, 6) is 0.795. The van der Waals surface area contributed by atoms with Gasteiger partial charge in [0.2, 0.25) is 0 Å². The molecule has 0 spiro atoms. The standard InChI is InChI=1S/C24H23Br2ClN6O3/c1-15-9-18(13-32-12-16(25)11-28-32)36-22(15)23(34)31-7-2-5-24(35,6-8-31)21-14-33(30-29-21)17-3-4-20(27)19(26)10-17/h3-4,9-12,14,35H,2,5-8,13H2,1H3.